The van der Waals surface area contributed by atoms with Crippen LogP contribution in [0.1, 0.15) is 26.6 Å². The number of hydrogen-bond donors (Lipinski definition) is 2. The average Bonchev–Trinajstić information content (AvgIpc) is 3.61. The first-order valence-corrected chi connectivity index (χ1v) is 13.2. The maximum atomic E-state index is 13.2. The van der Waals surface area contributed by atoms with E-state index in [1.807, 2.05) is 34.5 Å². The molecule has 2 N–H and O–H groups in total. The number of thiazole rings is 1. The van der Waals surface area contributed by atoms with Crippen LogP contribution >= 0.6 is 22.7 Å². The van der Waals surface area contributed by atoms with Crippen molar-refractivity contribution in [1.82, 2.24) is 20.5 Å². The third kappa shape index (κ3) is 3.86. The van der Waals surface area contributed by atoms with Crippen molar-refractivity contribution in [3.63, 3.8) is 0 Å². The SMILES string of the molecule is O=C(c1cc2cc(-c3ccccc3)ccc2s1)N1CC(N[C@@]2(C(=O)c3cscn3)CCNC2)C1. The number of Topliss-reactive ketones (excluding diaryl/α,β-unsaturated/α-hetero) is 1. The van der Waals surface area contributed by atoms with Crippen molar-refractivity contribution in [3.8, 4) is 11.1 Å². The highest BCUT2D eigenvalue weighted by molar-refractivity contribution is 7.20. The first kappa shape index (κ1) is 21.6. The van der Waals surface area contributed by atoms with E-state index in [1.165, 1.54) is 16.9 Å². The van der Waals surface area contributed by atoms with Crippen LogP contribution in [0.25, 0.3) is 21.2 Å². The number of thiophene rings is 1. The van der Waals surface area contributed by atoms with Crippen molar-refractivity contribution in [2.45, 2.75) is 18.0 Å². The number of nitrogens with zero attached hydrogens (tertiary/aromatic N) is 2. The van der Waals surface area contributed by atoms with Gasteiger partial charge in [-0.15, -0.1) is 22.7 Å². The Morgan fingerprint density at radius 1 is 1.09 bits per heavy atom. The van der Waals surface area contributed by atoms with E-state index < -0.39 is 5.54 Å². The number of hydrogen-bond acceptors (Lipinski definition) is 7. The van der Waals surface area contributed by atoms with Crippen molar-refractivity contribution in [1.29, 1.82) is 0 Å². The number of rotatable bonds is 6. The molecule has 0 saturated carbocycles. The highest BCUT2D eigenvalue weighted by Gasteiger charge is 2.46. The van der Waals surface area contributed by atoms with Crippen molar-refractivity contribution < 1.29 is 9.59 Å². The Morgan fingerprint density at radius 3 is 2.68 bits per heavy atom. The van der Waals surface area contributed by atoms with Gasteiger partial charge in [0.2, 0.25) is 5.78 Å². The van der Waals surface area contributed by atoms with Crippen LogP contribution in [0.5, 0.6) is 0 Å². The summed E-state index contributed by atoms with van der Waals surface area (Å²) in [6.45, 7) is 2.60. The summed E-state index contributed by atoms with van der Waals surface area (Å²) >= 11 is 2.98. The van der Waals surface area contributed by atoms with Crippen LogP contribution in [-0.2, 0) is 0 Å². The molecule has 1 amide bonds. The maximum absolute atomic E-state index is 13.2. The lowest BCUT2D eigenvalue weighted by atomic mass is 9.89. The Balaban J connectivity index is 1.14. The van der Waals surface area contributed by atoms with Crippen LogP contribution in [0, 0.1) is 0 Å². The number of carbonyl (C=O) groups is 2. The molecule has 0 radical (unpaired) electrons. The molecule has 0 bridgehead atoms. The number of fused-ring (bicyclic) bond motifs is 1. The fourth-order valence-electron chi connectivity index (χ4n) is 4.89. The van der Waals surface area contributed by atoms with E-state index >= 15 is 0 Å². The van der Waals surface area contributed by atoms with Crippen molar-refractivity contribution in [2.24, 2.45) is 0 Å². The summed E-state index contributed by atoms with van der Waals surface area (Å²) < 4.78 is 1.11. The molecule has 0 unspecified atom stereocenters. The Hall–Kier alpha value is -2.91. The second-order valence-corrected chi connectivity index (χ2v) is 10.8. The Labute approximate surface area is 205 Å². The Morgan fingerprint density at radius 2 is 1.94 bits per heavy atom. The lowest BCUT2D eigenvalue weighted by molar-refractivity contribution is 0.0510. The highest BCUT2D eigenvalue weighted by Crippen LogP contribution is 2.32. The van der Waals surface area contributed by atoms with E-state index in [9.17, 15) is 9.59 Å². The van der Waals surface area contributed by atoms with Gasteiger partial charge in [-0.2, -0.15) is 0 Å². The molecule has 34 heavy (non-hydrogen) atoms. The first-order chi connectivity index (χ1) is 16.6. The summed E-state index contributed by atoms with van der Waals surface area (Å²) in [5, 5.41) is 9.78. The molecule has 2 saturated heterocycles. The molecule has 8 heteroatoms. The topological polar surface area (TPSA) is 74.3 Å². The lowest BCUT2D eigenvalue weighted by Gasteiger charge is -2.43. The number of nitrogens with one attached hydrogen (secondary N) is 2. The number of aromatic nitrogens is 1. The van der Waals surface area contributed by atoms with Gasteiger partial charge < -0.3 is 10.2 Å². The first-order valence-electron chi connectivity index (χ1n) is 11.4. The van der Waals surface area contributed by atoms with Crippen molar-refractivity contribution in [2.75, 3.05) is 26.2 Å². The zero-order valence-electron chi connectivity index (χ0n) is 18.5. The van der Waals surface area contributed by atoms with Crippen molar-refractivity contribution >= 4 is 44.5 Å². The number of benzene rings is 2. The van der Waals surface area contributed by atoms with E-state index in [0.717, 1.165) is 33.5 Å². The molecule has 2 aromatic carbocycles. The third-order valence-electron chi connectivity index (χ3n) is 6.74. The second kappa shape index (κ2) is 8.70. The summed E-state index contributed by atoms with van der Waals surface area (Å²) in [5.74, 6) is 0.104. The number of carbonyl (C=O) groups excluding carboxylic acids is 2. The zero-order valence-corrected chi connectivity index (χ0v) is 20.1. The number of amides is 1. The van der Waals surface area contributed by atoms with Gasteiger partial charge in [0.15, 0.2) is 0 Å². The molecule has 0 aliphatic carbocycles. The Kier molecular flexibility index (Phi) is 5.53. The summed E-state index contributed by atoms with van der Waals surface area (Å²) in [6.07, 6.45) is 0.730. The summed E-state index contributed by atoms with van der Waals surface area (Å²) in [4.78, 5) is 33.1. The van der Waals surface area contributed by atoms with Gasteiger partial charge in [0, 0.05) is 35.8 Å². The lowest BCUT2D eigenvalue weighted by Crippen LogP contribution is -2.67. The fourth-order valence-corrected chi connectivity index (χ4v) is 6.43. The van der Waals surface area contributed by atoms with Gasteiger partial charge in [0.1, 0.15) is 5.69 Å². The zero-order chi connectivity index (χ0) is 23.1. The van der Waals surface area contributed by atoms with E-state index in [4.69, 9.17) is 0 Å². The Bertz CT molecular complexity index is 1340. The normalized spacial score (nSPS) is 20.5. The van der Waals surface area contributed by atoms with Crippen molar-refractivity contribution in [3.05, 3.63) is 76.1 Å². The molecule has 2 fully saturated rings. The molecule has 0 spiro atoms. The molecule has 6 nitrogen and oxygen atoms in total. The summed E-state index contributed by atoms with van der Waals surface area (Å²) in [7, 11) is 0. The molecule has 2 aliphatic heterocycles. The average molecular weight is 489 g/mol. The van der Waals surface area contributed by atoms with Crippen LogP contribution in [0.2, 0.25) is 0 Å². The third-order valence-corrected chi connectivity index (χ3v) is 8.43. The quantitative estimate of drug-likeness (QED) is 0.401. The second-order valence-electron chi connectivity index (χ2n) is 8.99. The maximum Gasteiger partial charge on any atom is 0.264 e. The van der Waals surface area contributed by atoms with E-state index in [0.29, 0.717) is 25.3 Å². The van der Waals surface area contributed by atoms with Crippen LogP contribution in [-0.4, -0.2) is 59.3 Å². The minimum absolute atomic E-state index is 0.0438. The molecule has 6 rings (SSSR count). The molecular weight excluding hydrogens is 464 g/mol. The van der Waals surface area contributed by atoms with Crippen LogP contribution in [0.3, 0.4) is 0 Å². The molecular formula is C26H24N4O2S2. The van der Waals surface area contributed by atoms with Crippen LogP contribution in [0.4, 0.5) is 0 Å². The van der Waals surface area contributed by atoms with Gasteiger partial charge in [-0.25, -0.2) is 4.98 Å². The van der Waals surface area contributed by atoms with Crippen LogP contribution < -0.4 is 10.6 Å². The largest absolute Gasteiger partial charge is 0.335 e. The predicted octanol–water partition coefficient (Wildman–Crippen LogP) is 4.05. The summed E-state index contributed by atoms with van der Waals surface area (Å²) in [5.41, 5.74) is 3.90. The van der Waals surface area contributed by atoms with E-state index in [2.05, 4.69) is 45.9 Å². The van der Waals surface area contributed by atoms with Gasteiger partial charge in [0.25, 0.3) is 5.91 Å². The van der Waals surface area contributed by atoms with E-state index in [-0.39, 0.29) is 17.7 Å². The minimum atomic E-state index is -0.640. The van der Waals surface area contributed by atoms with Crippen LogP contribution in [0.15, 0.2) is 65.5 Å². The molecule has 2 aromatic heterocycles. The van der Waals surface area contributed by atoms with Gasteiger partial charge in [-0.05, 0) is 47.7 Å². The summed E-state index contributed by atoms with van der Waals surface area (Å²) in [6, 6.07) is 18.7. The minimum Gasteiger partial charge on any atom is -0.335 e. The monoisotopic (exact) mass is 488 g/mol. The number of ketones is 1. The molecule has 2 aliphatic rings. The van der Waals surface area contributed by atoms with Gasteiger partial charge in [-0.3, -0.25) is 14.9 Å². The molecule has 4 heterocycles. The van der Waals surface area contributed by atoms with Gasteiger partial charge in [-0.1, -0.05) is 36.4 Å². The van der Waals surface area contributed by atoms with Gasteiger partial charge >= 0.3 is 0 Å². The number of likely N-dealkylation sites (tertiary alicyclic amines) is 1. The predicted molar refractivity (Wildman–Crippen MR) is 137 cm³/mol. The molecule has 172 valence electrons. The van der Waals surface area contributed by atoms with Gasteiger partial charge in [0.05, 0.1) is 15.9 Å². The fraction of sp³-hybridized carbons (Fsp3) is 0.269. The molecule has 1 atom stereocenters. The standard InChI is InChI=1S/C26H24N4O2S2/c31-24(21-14-33-16-28-21)26(8-9-27-15-26)29-20-12-30(13-20)25(32)23-11-19-10-18(6-7-22(19)34-23)17-4-2-1-3-5-17/h1-7,10-11,14,16,20,27,29H,8-9,12-13,15H2/t26-/m0/s1. The smallest absolute Gasteiger partial charge is 0.264 e. The highest BCUT2D eigenvalue weighted by atomic mass is 32.1. The molecule has 4 aromatic rings. The van der Waals surface area contributed by atoms with E-state index in [1.54, 1.807) is 16.8 Å².